The zero-order valence-corrected chi connectivity index (χ0v) is 12.6. The van der Waals surface area contributed by atoms with Crippen LogP contribution in [0.5, 0.6) is 5.75 Å². The Bertz CT molecular complexity index is 554. The largest absolute Gasteiger partial charge is 0.486 e. The Hall–Kier alpha value is -1.000. The summed E-state index contributed by atoms with van der Waals surface area (Å²) in [5.74, 6) is 0.674. The molecular weight excluding hydrogens is 316 g/mol. The van der Waals surface area contributed by atoms with Gasteiger partial charge in [0.25, 0.3) is 0 Å². The predicted octanol–water partition coefficient (Wildman–Crippen LogP) is 4.21. The number of aryl methyl sites for hydroxylation is 2. The molecule has 0 N–H and O–H groups in total. The quantitative estimate of drug-likeness (QED) is 0.840. The lowest BCUT2D eigenvalue weighted by atomic mass is 10.3. The molecule has 0 radical (unpaired) electrons. The maximum absolute atomic E-state index is 6.07. The van der Waals surface area contributed by atoms with Crippen LogP contribution in [0.25, 0.3) is 0 Å². The number of hydrogen-bond acceptors (Lipinski definition) is 2. The van der Waals surface area contributed by atoms with E-state index in [2.05, 4.69) is 28.0 Å². The molecule has 18 heavy (non-hydrogen) atoms. The summed E-state index contributed by atoms with van der Waals surface area (Å²) in [7, 11) is 0. The van der Waals surface area contributed by atoms with E-state index in [1.165, 1.54) is 0 Å². The molecular formula is C13H14BrClN2O. The molecule has 2 aromatic rings. The molecule has 0 bridgehead atoms. The minimum atomic E-state index is 0.463. The smallest absolute Gasteiger partial charge is 0.139 e. The van der Waals surface area contributed by atoms with E-state index in [9.17, 15) is 0 Å². The van der Waals surface area contributed by atoms with E-state index in [-0.39, 0.29) is 0 Å². The van der Waals surface area contributed by atoms with Gasteiger partial charge in [0.05, 0.1) is 16.4 Å². The zero-order valence-electron chi connectivity index (χ0n) is 10.3. The van der Waals surface area contributed by atoms with Crippen LogP contribution in [0.3, 0.4) is 0 Å². The van der Waals surface area contributed by atoms with Gasteiger partial charge in [0.2, 0.25) is 0 Å². The van der Waals surface area contributed by atoms with Crippen molar-refractivity contribution in [3.8, 4) is 5.75 Å². The van der Waals surface area contributed by atoms with E-state index in [0.717, 1.165) is 22.4 Å². The third-order valence-corrected chi connectivity index (χ3v) is 3.36. The number of ether oxygens (including phenoxy) is 1. The summed E-state index contributed by atoms with van der Waals surface area (Å²) in [5, 5.41) is 4.98. The molecule has 96 valence electrons. The maximum atomic E-state index is 6.07. The fourth-order valence-corrected chi connectivity index (χ4v) is 2.24. The molecule has 0 aliphatic carbocycles. The number of nitrogens with zero attached hydrogens (tertiary/aromatic N) is 2. The van der Waals surface area contributed by atoms with E-state index in [1.807, 2.05) is 35.9 Å². The molecule has 0 saturated carbocycles. The van der Waals surface area contributed by atoms with Crippen molar-refractivity contribution in [1.82, 2.24) is 9.78 Å². The first-order chi connectivity index (χ1) is 8.60. The van der Waals surface area contributed by atoms with Crippen molar-refractivity contribution < 1.29 is 4.74 Å². The summed E-state index contributed by atoms with van der Waals surface area (Å²) in [6.07, 6.45) is 0. The first kappa shape index (κ1) is 13.4. The van der Waals surface area contributed by atoms with Crippen LogP contribution in [-0.4, -0.2) is 9.78 Å². The average Bonchev–Trinajstić information content (AvgIpc) is 2.71. The molecule has 1 aromatic heterocycles. The average molecular weight is 330 g/mol. The summed E-state index contributed by atoms with van der Waals surface area (Å²) < 4.78 is 8.61. The van der Waals surface area contributed by atoms with Crippen molar-refractivity contribution in [2.75, 3.05) is 0 Å². The summed E-state index contributed by atoms with van der Waals surface area (Å²) in [5.41, 5.74) is 2.04. The molecule has 0 aliphatic rings. The van der Waals surface area contributed by atoms with Gasteiger partial charge in [0.1, 0.15) is 12.4 Å². The van der Waals surface area contributed by atoms with E-state index in [0.29, 0.717) is 17.4 Å². The number of hydrogen-bond donors (Lipinski definition) is 0. The highest BCUT2D eigenvalue weighted by molar-refractivity contribution is 9.10. The van der Waals surface area contributed by atoms with Gasteiger partial charge in [-0.25, -0.2) is 0 Å². The molecule has 0 saturated heterocycles. The van der Waals surface area contributed by atoms with Gasteiger partial charge in [-0.3, -0.25) is 4.68 Å². The van der Waals surface area contributed by atoms with Crippen LogP contribution in [0.2, 0.25) is 5.02 Å². The Kier molecular flexibility index (Phi) is 4.30. The van der Waals surface area contributed by atoms with Crippen LogP contribution >= 0.6 is 27.5 Å². The van der Waals surface area contributed by atoms with Gasteiger partial charge < -0.3 is 4.74 Å². The minimum Gasteiger partial charge on any atom is -0.486 e. The molecule has 1 aromatic carbocycles. The Morgan fingerprint density at radius 2 is 2.17 bits per heavy atom. The number of halogens is 2. The van der Waals surface area contributed by atoms with E-state index < -0.39 is 0 Å². The van der Waals surface area contributed by atoms with Gasteiger partial charge in [0, 0.05) is 11.0 Å². The molecule has 0 atom stereocenters. The Morgan fingerprint density at radius 3 is 2.89 bits per heavy atom. The van der Waals surface area contributed by atoms with Crippen molar-refractivity contribution in [2.24, 2.45) is 0 Å². The SMILES string of the molecule is CCn1nc(C)cc1COc1cc(Br)ccc1Cl. The van der Waals surface area contributed by atoms with Gasteiger partial charge >= 0.3 is 0 Å². The highest BCUT2D eigenvalue weighted by Gasteiger charge is 2.07. The highest BCUT2D eigenvalue weighted by atomic mass is 79.9. The summed E-state index contributed by atoms with van der Waals surface area (Å²) in [6, 6.07) is 7.58. The number of rotatable bonds is 4. The second kappa shape index (κ2) is 5.76. The van der Waals surface area contributed by atoms with Gasteiger partial charge in [-0.05, 0) is 38.1 Å². The lowest BCUT2D eigenvalue weighted by molar-refractivity contribution is 0.292. The second-order valence-corrected chi connectivity index (χ2v) is 5.28. The lowest BCUT2D eigenvalue weighted by Gasteiger charge is -2.09. The molecule has 0 fully saturated rings. The predicted molar refractivity (Wildman–Crippen MR) is 76.1 cm³/mol. The Balaban J connectivity index is 2.13. The standard InChI is InChI=1S/C13H14BrClN2O/c1-3-17-11(6-9(2)16-17)8-18-13-7-10(14)4-5-12(13)15/h4-7H,3,8H2,1-2H3. The number of aromatic nitrogens is 2. The Morgan fingerprint density at radius 1 is 1.39 bits per heavy atom. The Labute approximate surface area is 120 Å². The van der Waals surface area contributed by atoms with Crippen molar-refractivity contribution >= 4 is 27.5 Å². The van der Waals surface area contributed by atoms with Gasteiger partial charge in [-0.2, -0.15) is 5.10 Å². The molecule has 0 unspecified atom stereocenters. The van der Waals surface area contributed by atoms with Crippen LogP contribution in [-0.2, 0) is 13.2 Å². The molecule has 0 spiro atoms. The lowest BCUT2D eigenvalue weighted by Crippen LogP contribution is -2.06. The van der Waals surface area contributed by atoms with Crippen molar-refractivity contribution in [1.29, 1.82) is 0 Å². The first-order valence-corrected chi connectivity index (χ1v) is 6.88. The molecule has 5 heteroatoms. The maximum Gasteiger partial charge on any atom is 0.139 e. The monoisotopic (exact) mass is 328 g/mol. The van der Waals surface area contributed by atoms with Gasteiger partial charge in [0.15, 0.2) is 0 Å². The second-order valence-electron chi connectivity index (χ2n) is 3.96. The van der Waals surface area contributed by atoms with Crippen LogP contribution in [0.4, 0.5) is 0 Å². The van der Waals surface area contributed by atoms with E-state index in [1.54, 1.807) is 0 Å². The first-order valence-electron chi connectivity index (χ1n) is 5.71. The van der Waals surface area contributed by atoms with Crippen LogP contribution < -0.4 is 4.74 Å². The van der Waals surface area contributed by atoms with Gasteiger partial charge in [-0.15, -0.1) is 0 Å². The third kappa shape index (κ3) is 3.06. The topological polar surface area (TPSA) is 27.1 Å². The third-order valence-electron chi connectivity index (χ3n) is 2.55. The fourth-order valence-electron chi connectivity index (χ4n) is 1.73. The van der Waals surface area contributed by atoms with Crippen LogP contribution in [0.15, 0.2) is 28.7 Å². The van der Waals surface area contributed by atoms with E-state index >= 15 is 0 Å². The normalized spacial score (nSPS) is 10.7. The molecule has 0 amide bonds. The summed E-state index contributed by atoms with van der Waals surface area (Å²) >= 11 is 9.47. The minimum absolute atomic E-state index is 0.463. The molecule has 0 aliphatic heterocycles. The van der Waals surface area contributed by atoms with Crippen molar-refractivity contribution in [2.45, 2.75) is 27.0 Å². The summed E-state index contributed by atoms with van der Waals surface area (Å²) in [4.78, 5) is 0. The summed E-state index contributed by atoms with van der Waals surface area (Å²) in [6.45, 7) is 5.33. The van der Waals surface area contributed by atoms with Crippen LogP contribution in [0.1, 0.15) is 18.3 Å². The zero-order chi connectivity index (χ0) is 13.1. The highest BCUT2D eigenvalue weighted by Crippen LogP contribution is 2.28. The fraction of sp³-hybridized carbons (Fsp3) is 0.308. The molecule has 1 heterocycles. The van der Waals surface area contributed by atoms with Crippen molar-refractivity contribution in [3.63, 3.8) is 0 Å². The van der Waals surface area contributed by atoms with Crippen LogP contribution in [0, 0.1) is 6.92 Å². The molecule has 3 nitrogen and oxygen atoms in total. The van der Waals surface area contributed by atoms with Gasteiger partial charge in [-0.1, -0.05) is 27.5 Å². The number of benzene rings is 1. The molecule has 2 rings (SSSR count). The van der Waals surface area contributed by atoms with E-state index in [4.69, 9.17) is 16.3 Å². The van der Waals surface area contributed by atoms with Crippen molar-refractivity contribution in [3.05, 3.63) is 45.1 Å².